The van der Waals surface area contributed by atoms with E-state index in [0.29, 0.717) is 41.3 Å². The summed E-state index contributed by atoms with van der Waals surface area (Å²) in [6.07, 6.45) is -3.43. The Morgan fingerprint density at radius 1 is 1.00 bits per heavy atom. The van der Waals surface area contributed by atoms with E-state index in [-0.39, 0.29) is 10.6 Å². The van der Waals surface area contributed by atoms with E-state index >= 15 is 0 Å². The van der Waals surface area contributed by atoms with Crippen molar-refractivity contribution in [2.75, 3.05) is 5.32 Å². The molecule has 8 heteroatoms. The molecular weight excluding hydrogens is 419 g/mol. The monoisotopic (exact) mass is 433 g/mol. The van der Waals surface area contributed by atoms with E-state index in [1.54, 1.807) is 18.2 Å². The van der Waals surface area contributed by atoms with Crippen LogP contribution in [0.15, 0.2) is 54.6 Å². The van der Waals surface area contributed by atoms with Crippen LogP contribution in [0.1, 0.15) is 27.0 Å². The van der Waals surface area contributed by atoms with Gasteiger partial charge in [0, 0.05) is 0 Å². The van der Waals surface area contributed by atoms with Gasteiger partial charge in [0.05, 0.1) is 27.5 Å². The van der Waals surface area contributed by atoms with Gasteiger partial charge in [-0.3, -0.25) is 0 Å². The molecule has 0 unspecified atom stereocenters. The number of aromatic carboxylic acids is 1. The van der Waals surface area contributed by atoms with E-state index in [1.807, 2.05) is 12.1 Å². The summed E-state index contributed by atoms with van der Waals surface area (Å²) in [6, 6.07) is 14.0. The van der Waals surface area contributed by atoms with Gasteiger partial charge >= 0.3 is 12.1 Å². The molecule has 0 saturated carbocycles. The lowest BCUT2D eigenvalue weighted by Crippen LogP contribution is -2.09. The number of ether oxygens (including phenoxy) is 1. The molecule has 2 N–H and O–H groups in total. The van der Waals surface area contributed by atoms with Gasteiger partial charge in [0.1, 0.15) is 0 Å². The quantitative estimate of drug-likeness (QED) is 0.376. The number of para-hydroxylation sites is 1. The topological polar surface area (TPSA) is 58.6 Å². The Hall–Kier alpha value is -3.19. The maximum atomic E-state index is 12.8. The number of carbonyl (C=O) groups is 1. The number of aryl methyl sites for hydroxylation is 2. The summed E-state index contributed by atoms with van der Waals surface area (Å²) in [7, 11) is 0. The lowest BCUT2D eigenvalue weighted by molar-refractivity contribution is -0.137. The summed E-state index contributed by atoms with van der Waals surface area (Å²) in [5, 5.41) is 12.2. The highest BCUT2D eigenvalue weighted by Crippen LogP contribution is 2.44. The van der Waals surface area contributed by atoms with Crippen molar-refractivity contribution < 1.29 is 27.8 Å². The van der Waals surface area contributed by atoms with Gasteiger partial charge in [-0.1, -0.05) is 29.8 Å². The first-order chi connectivity index (χ1) is 14.2. The molecule has 4 rings (SSSR count). The van der Waals surface area contributed by atoms with E-state index in [0.717, 1.165) is 11.6 Å². The van der Waals surface area contributed by atoms with Crippen molar-refractivity contribution in [3.05, 3.63) is 81.9 Å². The van der Waals surface area contributed by atoms with Crippen LogP contribution in [-0.4, -0.2) is 11.1 Å². The average Bonchev–Trinajstić information content (AvgIpc) is 2.69. The molecule has 0 radical (unpaired) electrons. The molecule has 4 nitrogen and oxygen atoms in total. The normalized spacial score (nSPS) is 12.4. The van der Waals surface area contributed by atoms with Gasteiger partial charge in [0.25, 0.3) is 0 Å². The van der Waals surface area contributed by atoms with Crippen LogP contribution in [0.2, 0.25) is 5.02 Å². The number of hydrogen-bond donors (Lipinski definition) is 2. The van der Waals surface area contributed by atoms with Crippen molar-refractivity contribution >= 4 is 28.9 Å². The van der Waals surface area contributed by atoms with E-state index in [4.69, 9.17) is 16.3 Å². The Balaban J connectivity index is 1.52. The second kappa shape index (κ2) is 7.57. The van der Waals surface area contributed by atoms with Crippen LogP contribution in [-0.2, 0) is 19.0 Å². The molecule has 1 heterocycles. The highest BCUT2D eigenvalue weighted by molar-refractivity contribution is 6.31. The molecule has 154 valence electrons. The molecule has 0 aromatic heterocycles. The molecule has 0 spiro atoms. The zero-order chi connectivity index (χ0) is 21.5. The number of rotatable bonds is 4. The third-order valence-electron chi connectivity index (χ3n) is 4.82. The van der Waals surface area contributed by atoms with E-state index in [9.17, 15) is 23.1 Å². The summed E-state index contributed by atoms with van der Waals surface area (Å²) < 4.78 is 44.3. The minimum Gasteiger partial charge on any atom is -0.478 e. The van der Waals surface area contributed by atoms with Crippen molar-refractivity contribution in [1.82, 2.24) is 0 Å². The summed E-state index contributed by atoms with van der Waals surface area (Å²) in [5.41, 5.74) is 1.85. The van der Waals surface area contributed by atoms with Gasteiger partial charge in [-0.2, -0.15) is 13.2 Å². The van der Waals surface area contributed by atoms with Gasteiger partial charge in [0.2, 0.25) is 0 Å². The average molecular weight is 434 g/mol. The van der Waals surface area contributed by atoms with Crippen LogP contribution < -0.4 is 10.1 Å². The van der Waals surface area contributed by atoms with Crippen molar-refractivity contribution in [1.29, 1.82) is 0 Å². The summed E-state index contributed by atoms with van der Waals surface area (Å²) in [5.74, 6) is -0.0809. The first-order valence-corrected chi connectivity index (χ1v) is 9.40. The summed E-state index contributed by atoms with van der Waals surface area (Å²) in [6.45, 7) is 0. The fourth-order valence-electron chi connectivity index (χ4n) is 3.33. The van der Waals surface area contributed by atoms with Crippen LogP contribution >= 0.6 is 11.6 Å². The Morgan fingerprint density at radius 2 is 1.70 bits per heavy atom. The predicted octanol–water partition coefficient (Wildman–Crippen LogP) is 6.69. The molecule has 0 fully saturated rings. The van der Waals surface area contributed by atoms with Crippen molar-refractivity contribution in [2.24, 2.45) is 0 Å². The Labute approximate surface area is 174 Å². The third kappa shape index (κ3) is 3.93. The van der Waals surface area contributed by atoms with Gasteiger partial charge in [-0.05, 0) is 60.4 Å². The standard InChI is InChI=1S/C22H15ClF3NO3/c23-16-10-12(6-8-15(16)22(24,25)26)4-5-13-7-9-18-17(11-13)27-20-14(21(28)29)2-1-3-19(20)30-18/h1-3,6-11,27H,4-5H2,(H,28,29). The molecule has 1 aliphatic rings. The van der Waals surface area contributed by atoms with Crippen LogP contribution in [0.4, 0.5) is 24.5 Å². The Morgan fingerprint density at radius 3 is 2.37 bits per heavy atom. The SMILES string of the molecule is O=C(O)c1cccc2c1Nc1cc(CCc3ccc(C(F)(F)F)c(Cl)c3)ccc1O2. The van der Waals surface area contributed by atoms with Crippen molar-refractivity contribution in [3.63, 3.8) is 0 Å². The minimum atomic E-state index is -4.48. The lowest BCUT2D eigenvalue weighted by atomic mass is 10.0. The fraction of sp³-hybridized carbons (Fsp3) is 0.136. The van der Waals surface area contributed by atoms with E-state index in [2.05, 4.69) is 5.32 Å². The minimum absolute atomic E-state index is 0.1000. The van der Waals surface area contributed by atoms with Gasteiger partial charge in [0.15, 0.2) is 11.5 Å². The van der Waals surface area contributed by atoms with Crippen LogP contribution in [0, 0.1) is 0 Å². The fourth-order valence-corrected chi connectivity index (χ4v) is 3.64. The summed E-state index contributed by atoms with van der Waals surface area (Å²) in [4.78, 5) is 11.4. The maximum absolute atomic E-state index is 12.8. The second-order valence-corrected chi connectivity index (χ2v) is 7.26. The molecular formula is C22H15ClF3NO3. The van der Waals surface area contributed by atoms with E-state index < -0.39 is 17.7 Å². The van der Waals surface area contributed by atoms with Gasteiger partial charge < -0.3 is 15.2 Å². The molecule has 0 bridgehead atoms. The first kappa shape index (κ1) is 20.1. The van der Waals surface area contributed by atoms with Crippen LogP contribution in [0.5, 0.6) is 11.5 Å². The second-order valence-electron chi connectivity index (χ2n) is 6.85. The number of fused-ring (bicyclic) bond motifs is 2. The molecule has 3 aromatic carbocycles. The number of carboxylic acid groups (broad SMARTS) is 1. The summed E-state index contributed by atoms with van der Waals surface area (Å²) >= 11 is 5.78. The molecule has 30 heavy (non-hydrogen) atoms. The number of benzene rings is 3. The van der Waals surface area contributed by atoms with Crippen molar-refractivity contribution in [3.8, 4) is 11.5 Å². The predicted molar refractivity (Wildman–Crippen MR) is 107 cm³/mol. The van der Waals surface area contributed by atoms with E-state index in [1.165, 1.54) is 18.2 Å². The lowest BCUT2D eigenvalue weighted by Gasteiger charge is -2.23. The highest BCUT2D eigenvalue weighted by atomic mass is 35.5. The molecule has 0 saturated heterocycles. The maximum Gasteiger partial charge on any atom is 0.417 e. The van der Waals surface area contributed by atoms with Gasteiger partial charge in [-0.15, -0.1) is 0 Å². The number of halogens is 4. The third-order valence-corrected chi connectivity index (χ3v) is 5.13. The number of nitrogens with one attached hydrogen (secondary N) is 1. The zero-order valence-corrected chi connectivity index (χ0v) is 16.1. The molecule has 0 amide bonds. The van der Waals surface area contributed by atoms with Crippen molar-refractivity contribution in [2.45, 2.75) is 19.0 Å². The van der Waals surface area contributed by atoms with Gasteiger partial charge in [-0.25, -0.2) is 4.79 Å². The molecule has 1 aliphatic heterocycles. The number of carboxylic acids is 1. The largest absolute Gasteiger partial charge is 0.478 e. The zero-order valence-electron chi connectivity index (χ0n) is 15.4. The molecule has 0 atom stereocenters. The number of alkyl halides is 3. The number of anilines is 2. The molecule has 0 aliphatic carbocycles. The first-order valence-electron chi connectivity index (χ1n) is 9.02. The number of hydrogen-bond acceptors (Lipinski definition) is 3. The van der Waals surface area contributed by atoms with Crippen LogP contribution in [0.25, 0.3) is 0 Å². The Bertz CT molecular complexity index is 1140. The highest BCUT2D eigenvalue weighted by Gasteiger charge is 2.33. The molecule has 3 aromatic rings. The van der Waals surface area contributed by atoms with Crippen LogP contribution in [0.3, 0.4) is 0 Å². The Kier molecular flexibility index (Phi) is 5.07. The smallest absolute Gasteiger partial charge is 0.417 e.